The Morgan fingerprint density at radius 3 is 2.80 bits per heavy atom. The second-order valence-electron chi connectivity index (χ2n) is 6.61. The number of carbonyl (C=O) groups excluding carboxylic acids is 1. The van der Waals surface area contributed by atoms with Crippen molar-refractivity contribution in [1.29, 1.82) is 0 Å². The molecule has 1 amide bonds. The first-order valence-corrected chi connectivity index (χ1v) is 8.52. The van der Waals surface area contributed by atoms with E-state index in [0.29, 0.717) is 11.3 Å². The van der Waals surface area contributed by atoms with Crippen molar-refractivity contribution in [3.05, 3.63) is 66.1 Å². The first kappa shape index (κ1) is 15.8. The number of hydrogen-bond donors (Lipinski definition) is 2. The van der Waals surface area contributed by atoms with Crippen LogP contribution in [-0.4, -0.2) is 37.8 Å². The highest BCUT2D eigenvalue weighted by molar-refractivity contribution is 5.93. The second kappa shape index (κ2) is 6.64. The Morgan fingerprint density at radius 1 is 1.28 bits per heavy atom. The molecule has 25 heavy (non-hydrogen) atoms. The van der Waals surface area contributed by atoms with Gasteiger partial charge in [-0.15, -0.1) is 0 Å². The molecular weight excluding hydrogens is 316 g/mol. The highest BCUT2D eigenvalue weighted by Gasteiger charge is 2.35. The summed E-state index contributed by atoms with van der Waals surface area (Å²) in [7, 11) is 0. The van der Waals surface area contributed by atoms with E-state index in [4.69, 9.17) is 0 Å². The predicted octanol–water partition coefficient (Wildman–Crippen LogP) is 1.84. The molecule has 0 saturated heterocycles. The first-order chi connectivity index (χ1) is 12.2. The van der Waals surface area contributed by atoms with E-state index in [0.717, 1.165) is 19.3 Å². The Morgan fingerprint density at radius 2 is 2.08 bits per heavy atom. The van der Waals surface area contributed by atoms with Crippen LogP contribution in [0.2, 0.25) is 0 Å². The lowest BCUT2D eigenvalue weighted by atomic mass is 9.75. The zero-order valence-electron chi connectivity index (χ0n) is 13.7. The van der Waals surface area contributed by atoms with Gasteiger partial charge in [-0.1, -0.05) is 30.3 Å². The van der Waals surface area contributed by atoms with E-state index >= 15 is 0 Å². The number of aromatic nitrogens is 3. The van der Waals surface area contributed by atoms with Crippen LogP contribution < -0.4 is 5.32 Å². The molecule has 0 radical (unpaired) electrons. The standard InChI is InChI=1S/C19H20N4O2/c24-15-10-14(11-15)16(9-13-5-2-1-3-6-13)21-19(25)17-12-18-20-7-4-8-23(18)22-17/h1-8,12,14-16,24H,9-11H2,(H,21,25)/t14?,15?,16-/m0/s1. The Balaban J connectivity index is 1.51. The number of fused-ring (bicyclic) bond motifs is 1. The molecule has 2 aromatic heterocycles. The lowest BCUT2D eigenvalue weighted by Gasteiger charge is -2.38. The minimum Gasteiger partial charge on any atom is -0.393 e. The van der Waals surface area contributed by atoms with Gasteiger partial charge in [0, 0.05) is 24.5 Å². The maximum absolute atomic E-state index is 12.7. The Bertz CT molecular complexity index is 838. The summed E-state index contributed by atoms with van der Waals surface area (Å²) in [6.07, 6.45) is 5.39. The highest BCUT2D eigenvalue weighted by atomic mass is 16.3. The van der Waals surface area contributed by atoms with Crippen LogP contribution in [0.15, 0.2) is 54.9 Å². The summed E-state index contributed by atoms with van der Waals surface area (Å²) in [5, 5.41) is 17.0. The highest BCUT2D eigenvalue weighted by Crippen LogP contribution is 2.31. The van der Waals surface area contributed by atoms with Crippen molar-refractivity contribution in [2.75, 3.05) is 0 Å². The van der Waals surface area contributed by atoms with Crippen LogP contribution in [0, 0.1) is 5.92 Å². The van der Waals surface area contributed by atoms with Gasteiger partial charge in [0.15, 0.2) is 11.3 Å². The summed E-state index contributed by atoms with van der Waals surface area (Å²) < 4.78 is 1.59. The third kappa shape index (κ3) is 3.39. The average molecular weight is 336 g/mol. The van der Waals surface area contributed by atoms with Gasteiger partial charge in [-0.05, 0) is 36.8 Å². The van der Waals surface area contributed by atoms with E-state index in [-0.39, 0.29) is 24.0 Å². The molecule has 2 N–H and O–H groups in total. The number of carbonyl (C=O) groups is 1. The molecule has 0 spiro atoms. The van der Waals surface area contributed by atoms with Crippen molar-refractivity contribution in [2.45, 2.75) is 31.4 Å². The molecule has 1 atom stereocenters. The van der Waals surface area contributed by atoms with Gasteiger partial charge in [-0.2, -0.15) is 5.10 Å². The summed E-state index contributed by atoms with van der Waals surface area (Å²) in [6, 6.07) is 13.5. The van der Waals surface area contributed by atoms with Crippen LogP contribution in [0.1, 0.15) is 28.9 Å². The van der Waals surface area contributed by atoms with Crippen LogP contribution in [0.25, 0.3) is 5.65 Å². The minimum absolute atomic E-state index is 0.0175. The Labute approximate surface area is 145 Å². The molecule has 1 aromatic carbocycles. The largest absolute Gasteiger partial charge is 0.393 e. The van der Waals surface area contributed by atoms with Crippen molar-refractivity contribution in [1.82, 2.24) is 19.9 Å². The lowest BCUT2D eigenvalue weighted by Crippen LogP contribution is -2.48. The molecule has 6 heteroatoms. The number of rotatable bonds is 5. The molecule has 128 valence electrons. The molecule has 1 saturated carbocycles. The van der Waals surface area contributed by atoms with Crippen LogP contribution in [0.3, 0.4) is 0 Å². The third-order valence-electron chi connectivity index (χ3n) is 4.80. The van der Waals surface area contributed by atoms with Gasteiger partial charge in [0.2, 0.25) is 0 Å². The molecule has 1 aliphatic carbocycles. The van der Waals surface area contributed by atoms with E-state index in [9.17, 15) is 9.90 Å². The van der Waals surface area contributed by atoms with Crippen molar-refractivity contribution < 1.29 is 9.90 Å². The number of nitrogens with zero attached hydrogens (tertiary/aromatic N) is 3. The summed E-state index contributed by atoms with van der Waals surface area (Å²) in [5.74, 6) is 0.0853. The minimum atomic E-state index is -0.250. The summed E-state index contributed by atoms with van der Waals surface area (Å²) >= 11 is 0. The monoisotopic (exact) mass is 336 g/mol. The van der Waals surface area contributed by atoms with Gasteiger partial charge in [-0.25, -0.2) is 9.50 Å². The number of amides is 1. The van der Waals surface area contributed by atoms with Gasteiger partial charge < -0.3 is 10.4 Å². The Kier molecular flexibility index (Phi) is 4.19. The quantitative estimate of drug-likeness (QED) is 0.745. The van der Waals surface area contributed by atoms with E-state index in [1.54, 1.807) is 29.0 Å². The molecular formula is C19H20N4O2. The molecule has 4 rings (SSSR count). The molecule has 2 heterocycles. The number of aliphatic hydroxyl groups excluding tert-OH is 1. The van der Waals surface area contributed by atoms with Gasteiger partial charge in [0.25, 0.3) is 5.91 Å². The van der Waals surface area contributed by atoms with E-state index in [1.807, 2.05) is 18.2 Å². The van der Waals surface area contributed by atoms with Crippen LogP contribution >= 0.6 is 0 Å². The van der Waals surface area contributed by atoms with E-state index < -0.39 is 0 Å². The average Bonchev–Trinajstić information content (AvgIpc) is 3.04. The maximum atomic E-state index is 12.7. The predicted molar refractivity (Wildman–Crippen MR) is 93.1 cm³/mol. The summed E-state index contributed by atoms with van der Waals surface area (Å²) in [5.41, 5.74) is 2.17. The zero-order chi connectivity index (χ0) is 17.2. The normalized spacial score (nSPS) is 20.8. The molecule has 1 aliphatic rings. The third-order valence-corrected chi connectivity index (χ3v) is 4.80. The van der Waals surface area contributed by atoms with Crippen molar-refractivity contribution >= 4 is 11.6 Å². The lowest BCUT2D eigenvalue weighted by molar-refractivity contribution is 0.0239. The number of benzene rings is 1. The zero-order valence-corrected chi connectivity index (χ0v) is 13.7. The number of hydrogen-bond acceptors (Lipinski definition) is 4. The van der Waals surface area contributed by atoms with Gasteiger partial charge in [-0.3, -0.25) is 4.79 Å². The topological polar surface area (TPSA) is 79.5 Å². The Hall–Kier alpha value is -2.73. The maximum Gasteiger partial charge on any atom is 0.272 e. The first-order valence-electron chi connectivity index (χ1n) is 8.52. The molecule has 3 aromatic rings. The second-order valence-corrected chi connectivity index (χ2v) is 6.61. The fourth-order valence-electron chi connectivity index (χ4n) is 3.35. The SMILES string of the molecule is O=C(N[C@@H](Cc1ccccc1)C1CC(O)C1)c1cc2ncccn2n1. The molecule has 0 aliphatic heterocycles. The molecule has 0 bridgehead atoms. The number of nitrogens with one attached hydrogen (secondary N) is 1. The van der Waals surface area contributed by atoms with Crippen molar-refractivity contribution in [2.24, 2.45) is 5.92 Å². The fraction of sp³-hybridized carbons (Fsp3) is 0.316. The van der Waals surface area contributed by atoms with Gasteiger partial charge >= 0.3 is 0 Å². The van der Waals surface area contributed by atoms with Crippen LogP contribution in [0.5, 0.6) is 0 Å². The molecule has 0 unspecified atom stereocenters. The molecule has 1 fully saturated rings. The fourth-order valence-corrected chi connectivity index (χ4v) is 3.35. The van der Waals surface area contributed by atoms with Gasteiger partial charge in [0.1, 0.15) is 0 Å². The summed E-state index contributed by atoms with van der Waals surface area (Å²) in [4.78, 5) is 16.9. The molecule has 6 nitrogen and oxygen atoms in total. The summed E-state index contributed by atoms with van der Waals surface area (Å²) in [6.45, 7) is 0. The van der Waals surface area contributed by atoms with Crippen LogP contribution in [0.4, 0.5) is 0 Å². The van der Waals surface area contributed by atoms with E-state index in [2.05, 4.69) is 27.5 Å². The van der Waals surface area contributed by atoms with E-state index in [1.165, 1.54) is 5.56 Å². The smallest absolute Gasteiger partial charge is 0.272 e. The van der Waals surface area contributed by atoms with Gasteiger partial charge in [0.05, 0.1) is 6.10 Å². The van der Waals surface area contributed by atoms with Crippen molar-refractivity contribution in [3.8, 4) is 0 Å². The number of aliphatic hydroxyl groups is 1. The van der Waals surface area contributed by atoms with Crippen LogP contribution in [-0.2, 0) is 6.42 Å². The van der Waals surface area contributed by atoms with Crippen molar-refractivity contribution in [3.63, 3.8) is 0 Å².